The van der Waals surface area contributed by atoms with Gasteiger partial charge in [-0.15, -0.1) is 21.7 Å². The van der Waals surface area contributed by atoms with Gasteiger partial charge in [0.25, 0.3) is 5.09 Å². The summed E-state index contributed by atoms with van der Waals surface area (Å²) in [5.74, 6) is -0.421. The Morgan fingerprint density at radius 3 is 2.07 bits per heavy atom. The second kappa shape index (κ2) is 9.84. The predicted octanol–water partition coefficient (Wildman–Crippen LogP) is -7.28. The van der Waals surface area contributed by atoms with E-state index in [2.05, 4.69) is 4.84 Å². The summed E-state index contributed by atoms with van der Waals surface area (Å²) in [7, 11) is -4.81. The summed E-state index contributed by atoms with van der Waals surface area (Å²) in [5, 5.41) is 8.49. The third kappa shape index (κ3) is 13.6. The Balaban J connectivity index is -0.000000605. The van der Waals surface area contributed by atoms with E-state index >= 15 is 0 Å². The monoisotopic (exact) mass is 263 g/mol. The summed E-state index contributed by atoms with van der Waals surface area (Å²) in [6.45, 7) is 0. The van der Waals surface area contributed by atoms with Crippen molar-refractivity contribution in [1.82, 2.24) is 0 Å². The second-order valence-corrected chi connectivity index (χ2v) is 3.79. The summed E-state index contributed by atoms with van der Waals surface area (Å²) in [6.07, 6.45) is -2.36. The van der Waals surface area contributed by atoms with Crippen molar-refractivity contribution in [2.24, 2.45) is 0 Å². The number of hydrogen-bond acceptors (Lipinski definition) is 6. The van der Waals surface area contributed by atoms with Gasteiger partial charge < -0.3 is 19.2 Å². The largest absolute Gasteiger partial charge is 1.00 e. The van der Waals surface area contributed by atoms with Crippen molar-refractivity contribution in [2.75, 3.05) is 12.0 Å². The summed E-state index contributed by atoms with van der Waals surface area (Å²) >= 11 is 5.09. The van der Waals surface area contributed by atoms with Crippen molar-refractivity contribution in [1.29, 1.82) is 0 Å². The zero-order valence-corrected chi connectivity index (χ0v) is 13.4. The molecule has 0 heterocycles. The summed E-state index contributed by atoms with van der Waals surface area (Å²) < 4.78 is 10.1. The smallest absolute Gasteiger partial charge is 0.811 e. The minimum absolute atomic E-state index is 0. The molecule has 7 nitrogen and oxygen atoms in total. The summed E-state index contributed by atoms with van der Waals surface area (Å²) in [6, 6.07) is 0. The molecule has 0 bridgehead atoms. The molecule has 0 amide bonds. The van der Waals surface area contributed by atoms with Crippen LogP contribution in [0.1, 0.15) is 0 Å². The number of rotatable bonds is 5. The molecule has 0 radical (unpaired) electrons. The van der Waals surface area contributed by atoms with Crippen molar-refractivity contribution in [2.45, 2.75) is 6.10 Å². The van der Waals surface area contributed by atoms with Gasteiger partial charge >= 0.3 is 59.1 Å². The Morgan fingerprint density at radius 2 is 1.86 bits per heavy atom. The molecule has 0 aliphatic rings. The maximum absolute atomic E-state index is 10.1. The Bertz CT molecular complexity index is 211. The van der Waals surface area contributed by atoms with Crippen LogP contribution < -0.4 is 68.9 Å². The normalized spacial score (nSPS) is 11.9. The van der Waals surface area contributed by atoms with Gasteiger partial charge in [-0.1, -0.05) is 7.60 Å². The van der Waals surface area contributed by atoms with E-state index in [9.17, 15) is 24.5 Å². The molecule has 0 N–H and O–H groups in total. The fraction of sp³-hybridized carbons (Fsp3) is 1.00. The molecule has 0 aromatic carbocycles. The SMILES string of the molecule is O=[N+]([O-])OC(CCl)CP(=O)([O-])[O-].[Na+].[Na+]. The molecule has 0 aliphatic heterocycles. The van der Waals surface area contributed by atoms with Gasteiger partial charge in [0.2, 0.25) is 0 Å². The van der Waals surface area contributed by atoms with Crippen LogP contribution in [0.4, 0.5) is 0 Å². The van der Waals surface area contributed by atoms with Crippen LogP contribution >= 0.6 is 19.2 Å². The molecule has 1 unspecified atom stereocenters. The third-order valence-electron chi connectivity index (χ3n) is 0.834. The van der Waals surface area contributed by atoms with E-state index in [0.29, 0.717) is 0 Å². The Hall–Kier alpha value is 1.64. The van der Waals surface area contributed by atoms with Gasteiger partial charge in [0, 0.05) is 12.0 Å². The average molecular weight is 263 g/mol. The van der Waals surface area contributed by atoms with Crippen molar-refractivity contribution >= 4 is 19.2 Å². The molecule has 14 heavy (non-hydrogen) atoms. The first-order chi connectivity index (χ1) is 5.35. The Labute approximate surface area is 129 Å². The molecule has 1 atom stereocenters. The van der Waals surface area contributed by atoms with E-state index in [4.69, 9.17) is 11.6 Å². The first kappa shape index (κ1) is 21.0. The zero-order valence-electron chi connectivity index (χ0n) is 7.71. The van der Waals surface area contributed by atoms with E-state index in [1.165, 1.54) is 0 Å². The fourth-order valence-electron chi connectivity index (χ4n) is 0.481. The molecular formula is C3H5ClNNa2O6P. The van der Waals surface area contributed by atoms with Crippen LogP contribution in [0.25, 0.3) is 0 Å². The van der Waals surface area contributed by atoms with Gasteiger partial charge in [0.15, 0.2) is 0 Å². The first-order valence-corrected chi connectivity index (χ1v) is 4.99. The van der Waals surface area contributed by atoms with Crippen LogP contribution in [-0.4, -0.2) is 23.2 Å². The molecule has 0 spiro atoms. The molecule has 0 fully saturated rings. The van der Waals surface area contributed by atoms with Gasteiger partial charge in [0.05, 0.1) is 0 Å². The molecular weight excluding hydrogens is 258 g/mol. The third-order valence-corrected chi connectivity index (χ3v) is 2.03. The number of alkyl halides is 1. The van der Waals surface area contributed by atoms with Crippen molar-refractivity contribution in [3.05, 3.63) is 10.1 Å². The molecule has 0 aromatic heterocycles. The second-order valence-electron chi connectivity index (χ2n) is 1.90. The summed E-state index contributed by atoms with van der Waals surface area (Å²) in [5.41, 5.74) is 0. The van der Waals surface area contributed by atoms with Gasteiger partial charge in [0.1, 0.15) is 6.10 Å². The van der Waals surface area contributed by atoms with Crippen molar-refractivity contribution in [3.8, 4) is 0 Å². The molecule has 0 aliphatic carbocycles. The van der Waals surface area contributed by atoms with Gasteiger partial charge in [-0.05, 0) is 0 Å². The number of nitrogens with zero attached hydrogens (tertiary/aromatic N) is 1. The van der Waals surface area contributed by atoms with Gasteiger partial charge in [-0.3, -0.25) is 0 Å². The summed E-state index contributed by atoms with van der Waals surface area (Å²) in [4.78, 5) is 33.7. The van der Waals surface area contributed by atoms with Gasteiger partial charge in [-0.2, -0.15) is 0 Å². The van der Waals surface area contributed by atoms with E-state index in [0.717, 1.165) is 0 Å². The minimum atomic E-state index is -4.81. The van der Waals surface area contributed by atoms with E-state index in [1.54, 1.807) is 0 Å². The van der Waals surface area contributed by atoms with Crippen LogP contribution in [0.2, 0.25) is 0 Å². The predicted molar refractivity (Wildman–Crippen MR) is 35.1 cm³/mol. The molecule has 0 saturated heterocycles. The van der Waals surface area contributed by atoms with Crippen molar-refractivity contribution in [3.63, 3.8) is 0 Å². The molecule has 11 heteroatoms. The molecule has 0 aromatic rings. The quantitative estimate of drug-likeness (QED) is 0.160. The van der Waals surface area contributed by atoms with Crippen LogP contribution in [0.5, 0.6) is 0 Å². The molecule has 72 valence electrons. The van der Waals surface area contributed by atoms with Crippen LogP contribution in [-0.2, 0) is 9.40 Å². The van der Waals surface area contributed by atoms with E-state index in [-0.39, 0.29) is 59.1 Å². The molecule has 0 rings (SSSR count). The maximum Gasteiger partial charge on any atom is 1.00 e. The van der Waals surface area contributed by atoms with E-state index < -0.39 is 30.8 Å². The zero-order chi connectivity index (χ0) is 9.78. The first-order valence-electron chi connectivity index (χ1n) is 2.73. The minimum Gasteiger partial charge on any atom is -0.811 e. The van der Waals surface area contributed by atoms with Gasteiger partial charge in [-0.25, -0.2) is 0 Å². The van der Waals surface area contributed by atoms with E-state index in [1.807, 2.05) is 0 Å². The molecule has 0 saturated carbocycles. The van der Waals surface area contributed by atoms with Crippen LogP contribution in [0.3, 0.4) is 0 Å². The van der Waals surface area contributed by atoms with Crippen LogP contribution in [0, 0.1) is 10.1 Å². The van der Waals surface area contributed by atoms with Crippen molar-refractivity contribution < 1.29 is 83.4 Å². The Kier molecular flexibility index (Phi) is 14.7. The average Bonchev–Trinajstić information content (AvgIpc) is 1.82. The number of halogens is 1. The fourth-order valence-corrected chi connectivity index (χ4v) is 1.49. The topological polar surface area (TPSA) is 116 Å². The number of hydrogen-bond donors (Lipinski definition) is 0. The Morgan fingerprint density at radius 1 is 1.43 bits per heavy atom. The standard InChI is InChI=1S/C3H7ClNO6P.2Na/c4-1-3(11-5(6)7)2-12(8,9)10;;/h3H,1-2H2,(H2,8,9,10);;/q;2*+1/p-2. The maximum atomic E-state index is 10.1. The van der Waals surface area contributed by atoms with Crippen LogP contribution in [0.15, 0.2) is 0 Å².